The molecule has 3 heterocycles. The van der Waals surface area contributed by atoms with Gasteiger partial charge in [-0.1, -0.05) is 13.0 Å². The second-order valence-corrected chi connectivity index (χ2v) is 6.62. The lowest BCUT2D eigenvalue weighted by Crippen LogP contribution is -2.30. The van der Waals surface area contributed by atoms with E-state index in [1.54, 1.807) is 22.8 Å². The molecule has 1 fully saturated rings. The summed E-state index contributed by atoms with van der Waals surface area (Å²) in [4.78, 5) is 26.6. The lowest BCUT2D eigenvalue weighted by molar-refractivity contribution is -0.142. The number of thiophene rings is 1. The maximum atomic E-state index is 12.8. The number of hydrogen-bond donors (Lipinski definition) is 1. The smallest absolute Gasteiger partial charge is 0.308 e. The lowest BCUT2D eigenvalue weighted by atomic mass is 9.99. The average molecular weight is 319 g/mol. The molecule has 2 atom stereocenters. The molecule has 6 nitrogen and oxygen atoms in total. The Morgan fingerprint density at radius 2 is 2.18 bits per heavy atom. The summed E-state index contributed by atoms with van der Waals surface area (Å²) in [6, 6.07) is 3.85. The molecule has 0 saturated carbocycles. The molecule has 0 spiro atoms. The zero-order valence-electron chi connectivity index (χ0n) is 12.4. The van der Waals surface area contributed by atoms with Crippen LogP contribution in [0.25, 0.3) is 10.6 Å². The average Bonchev–Trinajstić information content (AvgIpc) is 3.16. The van der Waals surface area contributed by atoms with Crippen LogP contribution in [-0.4, -0.2) is 44.8 Å². The van der Waals surface area contributed by atoms with Gasteiger partial charge in [0.2, 0.25) is 0 Å². The van der Waals surface area contributed by atoms with E-state index in [9.17, 15) is 14.7 Å². The quantitative estimate of drug-likeness (QED) is 0.938. The van der Waals surface area contributed by atoms with Crippen molar-refractivity contribution in [1.82, 2.24) is 14.7 Å². The van der Waals surface area contributed by atoms with Crippen LogP contribution in [0, 0.1) is 11.8 Å². The van der Waals surface area contributed by atoms with Gasteiger partial charge in [0.1, 0.15) is 5.69 Å². The van der Waals surface area contributed by atoms with E-state index in [2.05, 4.69) is 5.10 Å². The summed E-state index contributed by atoms with van der Waals surface area (Å²) in [7, 11) is 1.78. The van der Waals surface area contributed by atoms with Crippen LogP contribution < -0.4 is 0 Å². The minimum Gasteiger partial charge on any atom is -0.481 e. The second kappa shape index (κ2) is 5.57. The van der Waals surface area contributed by atoms with E-state index >= 15 is 0 Å². The minimum absolute atomic E-state index is 0.0386. The van der Waals surface area contributed by atoms with E-state index in [0.717, 1.165) is 4.88 Å². The van der Waals surface area contributed by atoms with Crippen LogP contribution in [0.5, 0.6) is 0 Å². The summed E-state index contributed by atoms with van der Waals surface area (Å²) in [5.41, 5.74) is 1.19. The Labute approximate surface area is 132 Å². The number of likely N-dealkylation sites (tertiary alicyclic amines) is 1. The van der Waals surface area contributed by atoms with Crippen molar-refractivity contribution in [2.45, 2.75) is 6.92 Å². The third-order valence-electron chi connectivity index (χ3n) is 4.03. The first-order chi connectivity index (χ1) is 10.5. The van der Waals surface area contributed by atoms with Gasteiger partial charge in [-0.3, -0.25) is 14.3 Å². The Morgan fingerprint density at radius 3 is 2.77 bits per heavy atom. The van der Waals surface area contributed by atoms with Gasteiger partial charge in [-0.15, -0.1) is 11.3 Å². The van der Waals surface area contributed by atoms with Crippen LogP contribution in [0.2, 0.25) is 0 Å². The SMILES string of the molecule is C[C@@H]1CN(C(=O)c2cn(C)nc2-c2cccs2)C[C@H]1C(=O)O. The van der Waals surface area contributed by atoms with Crippen molar-refractivity contribution in [2.24, 2.45) is 18.9 Å². The highest BCUT2D eigenvalue weighted by molar-refractivity contribution is 7.13. The lowest BCUT2D eigenvalue weighted by Gasteiger charge is -2.15. The fourth-order valence-electron chi connectivity index (χ4n) is 2.86. The zero-order chi connectivity index (χ0) is 15.9. The monoisotopic (exact) mass is 319 g/mol. The Balaban J connectivity index is 1.89. The summed E-state index contributed by atoms with van der Waals surface area (Å²) in [5.74, 6) is -1.52. The number of rotatable bonds is 3. The maximum absolute atomic E-state index is 12.8. The summed E-state index contributed by atoms with van der Waals surface area (Å²) < 4.78 is 1.62. The van der Waals surface area contributed by atoms with Gasteiger partial charge in [0.15, 0.2) is 0 Å². The molecule has 2 aromatic rings. The molecule has 0 unspecified atom stereocenters. The van der Waals surface area contributed by atoms with Gasteiger partial charge >= 0.3 is 5.97 Å². The molecule has 1 N–H and O–H groups in total. The molecule has 3 rings (SSSR count). The Kier molecular flexibility index (Phi) is 3.74. The Morgan fingerprint density at radius 1 is 1.41 bits per heavy atom. The molecule has 0 radical (unpaired) electrons. The highest BCUT2D eigenvalue weighted by Crippen LogP contribution is 2.30. The zero-order valence-corrected chi connectivity index (χ0v) is 13.2. The van der Waals surface area contributed by atoms with Crippen molar-refractivity contribution in [3.8, 4) is 10.6 Å². The molecule has 22 heavy (non-hydrogen) atoms. The van der Waals surface area contributed by atoms with Crippen LogP contribution in [0.3, 0.4) is 0 Å². The molecule has 1 amide bonds. The Bertz CT molecular complexity index is 708. The van der Waals surface area contributed by atoms with Crippen molar-refractivity contribution in [3.63, 3.8) is 0 Å². The molecule has 1 aliphatic rings. The highest BCUT2D eigenvalue weighted by Gasteiger charge is 2.38. The van der Waals surface area contributed by atoms with Gasteiger partial charge < -0.3 is 10.0 Å². The number of carbonyl (C=O) groups excluding carboxylic acids is 1. The molecule has 0 aromatic carbocycles. The third-order valence-corrected chi connectivity index (χ3v) is 4.91. The number of nitrogens with zero attached hydrogens (tertiary/aromatic N) is 3. The molecule has 116 valence electrons. The predicted molar refractivity (Wildman–Crippen MR) is 82.7 cm³/mol. The van der Waals surface area contributed by atoms with Crippen molar-refractivity contribution in [2.75, 3.05) is 13.1 Å². The number of aliphatic carboxylic acids is 1. The number of aryl methyl sites for hydroxylation is 1. The van der Waals surface area contributed by atoms with Crippen LogP contribution in [-0.2, 0) is 11.8 Å². The number of carboxylic acids is 1. The van der Waals surface area contributed by atoms with E-state index < -0.39 is 11.9 Å². The van der Waals surface area contributed by atoms with E-state index in [4.69, 9.17) is 0 Å². The van der Waals surface area contributed by atoms with E-state index in [-0.39, 0.29) is 18.4 Å². The van der Waals surface area contributed by atoms with Crippen molar-refractivity contribution >= 4 is 23.2 Å². The van der Waals surface area contributed by atoms with Gasteiger partial charge in [0.25, 0.3) is 5.91 Å². The number of aromatic nitrogens is 2. The van der Waals surface area contributed by atoms with Gasteiger partial charge in [-0.2, -0.15) is 5.10 Å². The first-order valence-corrected chi connectivity index (χ1v) is 7.95. The Hall–Kier alpha value is -2.15. The fourth-order valence-corrected chi connectivity index (χ4v) is 3.59. The van der Waals surface area contributed by atoms with Gasteiger partial charge in [0.05, 0.1) is 16.4 Å². The van der Waals surface area contributed by atoms with Crippen molar-refractivity contribution in [3.05, 3.63) is 29.3 Å². The van der Waals surface area contributed by atoms with Crippen LogP contribution in [0.1, 0.15) is 17.3 Å². The van der Waals surface area contributed by atoms with Gasteiger partial charge in [0, 0.05) is 26.3 Å². The molecular formula is C15H17N3O3S. The normalized spacial score (nSPS) is 21.3. The van der Waals surface area contributed by atoms with Crippen LogP contribution in [0.4, 0.5) is 0 Å². The third kappa shape index (κ3) is 2.52. The molecule has 1 saturated heterocycles. The van der Waals surface area contributed by atoms with E-state index in [0.29, 0.717) is 17.8 Å². The minimum atomic E-state index is -0.840. The topological polar surface area (TPSA) is 75.4 Å². The standard InChI is InChI=1S/C15H17N3O3S/c1-9-6-18(8-10(9)15(20)21)14(19)11-7-17(2)16-13(11)12-4-3-5-22-12/h3-5,7,9-10H,6,8H2,1-2H3,(H,20,21)/t9-,10-/m1/s1. The van der Waals surface area contributed by atoms with Crippen molar-refractivity contribution in [1.29, 1.82) is 0 Å². The number of amides is 1. The van der Waals surface area contributed by atoms with Gasteiger partial charge in [-0.25, -0.2) is 0 Å². The first-order valence-electron chi connectivity index (χ1n) is 7.07. The first kappa shape index (κ1) is 14.8. The molecule has 0 aliphatic carbocycles. The highest BCUT2D eigenvalue weighted by atomic mass is 32.1. The second-order valence-electron chi connectivity index (χ2n) is 5.67. The molecule has 1 aliphatic heterocycles. The number of carbonyl (C=O) groups is 2. The number of hydrogen-bond acceptors (Lipinski definition) is 4. The van der Waals surface area contributed by atoms with Crippen molar-refractivity contribution < 1.29 is 14.7 Å². The van der Waals surface area contributed by atoms with Gasteiger partial charge in [-0.05, 0) is 17.4 Å². The van der Waals surface area contributed by atoms with Crippen LogP contribution >= 0.6 is 11.3 Å². The number of carboxylic acid groups (broad SMARTS) is 1. The fraction of sp³-hybridized carbons (Fsp3) is 0.400. The summed E-state index contributed by atoms with van der Waals surface area (Å²) in [6.07, 6.45) is 1.70. The predicted octanol–water partition coefficient (Wildman–Crippen LogP) is 1.94. The molecule has 0 bridgehead atoms. The summed E-state index contributed by atoms with van der Waals surface area (Å²) in [5, 5.41) is 15.5. The molecule has 2 aromatic heterocycles. The maximum Gasteiger partial charge on any atom is 0.308 e. The molecule has 7 heteroatoms. The largest absolute Gasteiger partial charge is 0.481 e. The van der Waals surface area contributed by atoms with E-state index in [1.807, 2.05) is 24.4 Å². The summed E-state index contributed by atoms with van der Waals surface area (Å²) in [6.45, 7) is 2.60. The summed E-state index contributed by atoms with van der Waals surface area (Å²) >= 11 is 1.53. The molecular weight excluding hydrogens is 302 g/mol. The van der Waals surface area contributed by atoms with E-state index in [1.165, 1.54) is 11.3 Å². The van der Waals surface area contributed by atoms with Crippen LogP contribution in [0.15, 0.2) is 23.7 Å².